The van der Waals surface area contributed by atoms with Crippen LogP contribution >= 0.6 is 0 Å². The number of hydrogen-bond donors (Lipinski definition) is 2. The average molecular weight is 251 g/mol. The second kappa shape index (κ2) is 4.67. The molecular formula is C11H17N5O2. The third-order valence-corrected chi connectivity index (χ3v) is 3.04. The van der Waals surface area contributed by atoms with Crippen molar-refractivity contribution in [2.75, 3.05) is 18.8 Å². The van der Waals surface area contributed by atoms with Gasteiger partial charge in [-0.3, -0.25) is 14.3 Å². The summed E-state index contributed by atoms with van der Waals surface area (Å²) in [6, 6.07) is -0.437. The van der Waals surface area contributed by atoms with Gasteiger partial charge in [0.25, 0.3) is 5.91 Å². The molecule has 18 heavy (non-hydrogen) atoms. The minimum Gasteiger partial charge on any atom is -0.396 e. The van der Waals surface area contributed by atoms with E-state index in [9.17, 15) is 9.59 Å². The number of piperazine rings is 1. The first-order chi connectivity index (χ1) is 8.54. The molecule has 1 aliphatic heterocycles. The normalized spacial score (nSPS) is 19.8. The zero-order valence-corrected chi connectivity index (χ0v) is 10.5. The predicted octanol–water partition coefficient (Wildman–Crippen LogP) is -0.647. The molecule has 2 rings (SSSR count). The zero-order chi connectivity index (χ0) is 13.3. The number of nitrogens with zero attached hydrogens (tertiary/aromatic N) is 3. The van der Waals surface area contributed by atoms with Crippen molar-refractivity contribution in [1.29, 1.82) is 0 Å². The number of nitrogen functional groups attached to an aromatic ring is 1. The summed E-state index contributed by atoms with van der Waals surface area (Å²) in [7, 11) is 1.70. The molecule has 1 aliphatic rings. The number of aromatic nitrogens is 2. The van der Waals surface area contributed by atoms with E-state index in [4.69, 9.17) is 5.73 Å². The molecular weight excluding hydrogens is 234 g/mol. The molecule has 7 nitrogen and oxygen atoms in total. The average Bonchev–Trinajstić information content (AvgIpc) is 2.67. The Hall–Kier alpha value is -2.05. The standard InChI is InChI=1S/C11H17N5O2/c1-3-8-10(17)13-4-5-16(8)11(18)9-7(12)6-15(2)14-9/h6,8H,3-5,12H2,1-2H3,(H,13,17). The molecule has 0 aromatic carbocycles. The lowest BCUT2D eigenvalue weighted by atomic mass is 10.1. The van der Waals surface area contributed by atoms with Crippen molar-refractivity contribution in [3.8, 4) is 0 Å². The first-order valence-corrected chi connectivity index (χ1v) is 5.92. The van der Waals surface area contributed by atoms with Crippen LogP contribution in [0.1, 0.15) is 23.8 Å². The molecule has 3 N–H and O–H groups in total. The number of hydrogen-bond acceptors (Lipinski definition) is 4. The second-order valence-electron chi connectivity index (χ2n) is 4.32. The predicted molar refractivity (Wildman–Crippen MR) is 65.7 cm³/mol. The van der Waals surface area contributed by atoms with Crippen LogP contribution in [0, 0.1) is 0 Å². The number of rotatable bonds is 2. The van der Waals surface area contributed by atoms with Gasteiger partial charge in [0.1, 0.15) is 6.04 Å². The van der Waals surface area contributed by atoms with Crippen LogP contribution in [-0.2, 0) is 11.8 Å². The summed E-state index contributed by atoms with van der Waals surface area (Å²) in [6.07, 6.45) is 2.16. The number of carbonyl (C=O) groups is 2. The van der Waals surface area contributed by atoms with Crippen molar-refractivity contribution in [3.05, 3.63) is 11.9 Å². The van der Waals surface area contributed by atoms with Gasteiger partial charge in [0.15, 0.2) is 5.69 Å². The van der Waals surface area contributed by atoms with Crippen molar-refractivity contribution in [3.63, 3.8) is 0 Å². The number of amides is 2. The topological polar surface area (TPSA) is 93.2 Å². The number of aryl methyl sites for hydroxylation is 1. The SMILES string of the molecule is CCC1C(=O)NCCN1C(=O)c1nn(C)cc1N. The van der Waals surface area contributed by atoms with E-state index in [-0.39, 0.29) is 17.5 Å². The highest BCUT2D eigenvalue weighted by molar-refractivity contribution is 6.00. The fraction of sp³-hybridized carbons (Fsp3) is 0.545. The van der Waals surface area contributed by atoms with E-state index >= 15 is 0 Å². The molecule has 1 fully saturated rings. The fourth-order valence-electron chi connectivity index (χ4n) is 2.17. The molecule has 1 unspecified atom stereocenters. The summed E-state index contributed by atoms with van der Waals surface area (Å²) >= 11 is 0. The largest absolute Gasteiger partial charge is 0.396 e. The van der Waals surface area contributed by atoms with Crippen LogP contribution in [0.15, 0.2) is 6.20 Å². The highest BCUT2D eigenvalue weighted by atomic mass is 16.2. The Morgan fingerprint density at radius 2 is 2.39 bits per heavy atom. The summed E-state index contributed by atoms with van der Waals surface area (Å²) in [5.41, 5.74) is 6.29. The van der Waals surface area contributed by atoms with Crippen LogP contribution in [0.5, 0.6) is 0 Å². The smallest absolute Gasteiger partial charge is 0.277 e. The lowest BCUT2D eigenvalue weighted by Crippen LogP contribution is -2.57. The van der Waals surface area contributed by atoms with Crippen molar-refractivity contribution >= 4 is 17.5 Å². The van der Waals surface area contributed by atoms with E-state index in [0.29, 0.717) is 25.2 Å². The Morgan fingerprint density at radius 3 is 2.94 bits per heavy atom. The van der Waals surface area contributed by atoms with Crippen molar-refractivity contribution in [2.45, 2.75) is 19.4 Å². The minimum absolute atomic E-state index is 0.119. The Balaban J connectivity index is 2.27. The first kappa shape index (κ1) is 12.4. The Kier molecular flexibility index (Phi) is 3.22. The van der Waals surface area contributed by atoms with E-state index in [1.165, 1.54) is 9.58 Å². The van der Waals surface area contributed by atoms with Crippen LogP contribution in [0.2, 0.25) is 0 Å². The van der Waals surface area contributed by atoms with E-state index in [0.717, 1.165) is 0 Å². The van der Waals surface area contributed by atoms with E-state index < -0.39 is 6.04 Å². The van der Waals surface area contributed by atoms with Crippen LogP contribution in [-0.4, -0.2) is 45.6 Å². The zero-order valence-electron chi connectivity index (χ0n) is 10.5. The molecule has 98 valence electrons. The third-order valence-electron chi connectivity index (χ3n) is 3.04. The Labute approximate surface area is 105 Å². The van der Waals surface area contributed by atoms with Crippen molar-refractivity contribution < 1.29 is 9.59 Å². The molecule has 1 saturated heterocycles. The van der Waals surface area contributed by atoms with Gasteiger partial charge in [-0.15, -0.1) is 0 Å². The summed E-state index contributed by atoms with van der Waals surface area (Å²) in [5, 5.41) is 6.80. The maximum Gasteiger partial charge on any atom is 0.277 e. The highest BCUT2D eigenvalue weighted by Gasteiger charge is 2.33. The van der Waals surface area contributed by atoms with Gasteiger partial charge in [-0.25, -0.2) is 0 Å². The lowest BCUT2D eigenvalue weighted by Gasteiger charge is -2.34. The fourth-order valence-corrected chi connectivity index (χ4v) is 2.17. The quantitative estimate of drug-likeness (QED) is 0.730. The molecule has 0 saturated carbocycles. The van der Waals surface area contributed by atoms with Crippen molar-refractivity contribution in [2.24, 2.45) is 7.05 Å². The third kappa shape index (κ3) is 2.03. The van der Waals surface area contributed by atoms with Gasteiger partial charge in [0.2, 0.25) is 5.91 Å². The number of carbonyl (C=O) groups excluding carboxylic acids is 2. The van der Waals surface area contributed by atoms with Crippen LogP contribution in [0.4, 0.5) is 5.69 Å². The molecule has 2 amide bonds. The molecule has 1 atom stereocenters. The maximum atomic E-state index is 12.3. The van der Waals surface area contributed by atoms with Gasteiger partial charge in [-0.1, -0.05) is 6.92 Å². The molecule has 2 heterocycles. The molecule has 0 aliphatic carbocycles. The van der Waals surface area contributed by atoms with Crippen molar-refractivity contribution in [1.82, 2.24) is 20.0 Å². The number of nitrogens with one attached hydrogen (secondary N) is 1. The van der Waals surface area contributed by atoms with E-state index in [1.54, 1.807) is 13.2 Å². The highest BCUT2D eigenvalue weighted by Crippen LogP contribution is 2.16. The molecule has 1 aromatic rings. The first-order valence-electron chi connectivity index (χ1n) is 5.92. The monoisotopic (exact) mass is 251 g/mol. The summed E-state index contributed by atoms with van der Waals surface area (Å²) in [6.45, 7) is 2.82. The molecule has 7 heteroatoms. The van der Waals surface area contributed by atoms with Gasteiger partial charge in [-0.05, 0) is 6.42 Å². The minimum atomic E-state index is -0.437. The van der Waals surface area contributed by atoms with Crippen LogP contribution < -0.4 is 11.1 Å². The summed E-state index contributed by atoms with van der Waals surface area (Å²) in [5.74, 6) is -0.401. The molecule has 1 aromatic heterocycles. The van der Waals surface area contributed by atoms with Gasteiger partial charge in [0, 0.05) is 26.3 Å². The second-order valence-corrected chi connectivity index (χ2v) is 4.32. The van der Waals surface area contributed by atoms with Gasteiger partial charge >= 0.3 is 0 Å². The summed E-state index contributed by atoms with van der Waals surface area (Å²) in [4.78, 5) is 25.6. The maximum absolute atomic E-state index is 12.3. The summed E-state index contributed by atoms with van der Waals surface area (Å²) < 4.78 is 1.49. The van der Waals surface area contributed by atoms with E-state index in [1.807, 2.05) is 6.92 Å². The van der Waals surface area contributed by atoms with E-state index in [2.05, 4.69) is 10.4 Å². The van der Waals surface area contributed by atoms with Gasteiger partial charge in [0.05, 0.1) is 5.69 Å². The van der Waals surface area contributed by atoms with Gasteiger partial charge in [-0.2, -0.15) is 5.10 Å². The number of nitrogens with two attached hydrogens (primary N) is 1. The molecule has 0 radical (unpaired) electrons. The Bertz CT molecular complexity index is 482. The molecule has 0 bridgehead atoms. The Morgan fingerprint density at radius 1 is 1.67 bits per heavy atom. The molecule has 0 spiro atoms. The lowest BCUT2D eigenvalue weighted by molar-refractivity contribution is -0.127. The van der Waals surface area contributed by atoms with Crippen LogP contribution in [0.3, 0.4) is 0 Å². The van der Waals surface area contributed by atoms with Gasteiger partial charge < -0.3 is 16.0 Å². The van der Waals surface area contributed by atoms with Crippen LogP contribution in [0.25, 0.3) is 0 Å². The number of anilines is 1.